The van der Waals surface area contributed by atoms with E-state index < -0.39 is 47.9 Å². The Bertz CT molecular complexity index is 1300. The van der Waals surface area contributed by atoms with E-state index >= 15 is 0 Å². The number of carboxylic acid groups (broad SMARTS) is 1. The summed E-state index contributed by atoms with van der Waals surface area (Å²) in [4.78, 5) is 58.2. The lowest BCUT2D eigenvalue weighted by atomic mass is 9.99. The van der Waals surface area contributed by atoms with Crippen LogP contribution in [-0.4, -0.2) is 68.0 Å². The number of hydrogen-bond donors (Lipinski definition) is 7. The number of carbonyl (C=O) groups excluding carboxylic acids is 3. The molecule has 0 aliphatic carbocycles. The van der Waals surface area contributed by atoms with Gasteiger partial charge in [-0.15, -0.1) is 0 Å². The molecule has 0 aliphatic heterocycles. The quantitative estimate of drug-likeness (QED) is 0.148. The first-order chi connectivity index (χ1) is 19.5. The van der Waals surface area contributed by atoms with Crippen molar-refractivity contribution >= 4 is 23.7 Å². The summed E-state index contributed by atoms with van der Waals surface area (Å²) in [5.74, 6) is -3.46. The van der Waals surface area contributed by atoms with Crippen molar-refractivity contribution in [3.05, 3.63) is 83.9 Å². The molecule has 218 valence electrons. The van der Waals surface area contributed by atoms with Crippen molar-refractivity contribution in [3.63, 3.8) is 0 Å². The van der Waals surface area contributed by atoms with E-state index in [1.165, 1.54) is 24.7 Å². The van der Waals surface area contributed by atoms with E-state index in [0.29, 0.717) is 11.3 Å². The van der Waals surface area contributed by atoms with Gasteiger partial charge in [0.15, 0.2) is 0 Å². The molecule has 41 heavy (non-hydrogen) atoms. The number of imidazole rings is 1. The molecule has 0 aliphatic rings. The second-order valence-corrected chi connectivity index (χ2v) is 10.1. The van der Waals surface area contributed by atoms with Crippen LogP contribution in [0.4, 0.5) is 0 Å². The molecule has 0 fully saturated rings. The van der Waals surface area contributed by atoms with E-state index in [1.807, 2.05) is 30.3 Å². The molecule has 0 spiro atoms. The van der Waals surface area contributed by atoms with Crippen LogP contribution < -0.4 is 21.7 Å². The third-order valence-electron chi connectivity index (χ3n) is 6.48. The van der Waals surface area contributed by atoms with Crippen molar-refractivity contribution in [1.82, 2.24) is 25.9 Å². The second-order valence-electron chi connectivity index (χ2n) is 10.1. The largest absolute Gasteiger partial charge is 0.508 e. The normalized spacial score (nSPS) is 14.0. The number of aromatic hydroxyl groups is 1. The number of nitrogens with one attached hydrogen (secondary N) is 4. The highest BCUT2D eigenvalue weighted by molar-refractivity contribution is 5.94. The summed E-state index contributed by atoms with van der Waals surface area (Å²) in [5, 5.41) is 27.2. The van der Waals surface area contributed by atoms with Crippen molar-refractivity contribution in [3.8, 4) is 5.75 Å². The molecule has 12 heteroatoms. The van der Waals surface area contributed by atoms with Crippen LogP contribution in [0.5, 0.6) is 5.75 Å². The van der Waals surface area contributed by atoms with E-state index in [-0.39, 0.29) is 30.9 Å². The number of rotatable bonds is 14. The standard InChI is InChI=1S/C29H36N6O6/c1-17(2)25(35-26(37)22(30)12-18-6-4-3-5-7-18)28(39)33-23(13-19-8-10-21(36)11-9-19)27(38)34-24(29(40)41)14-20-15-31-16-32-20/h3-11,15-17,22-25,36H,12-14,30H2,1-2H3,(H,31,32)(H,33,39)(H,34,38)(H,35,37)(H,40,41). The predicted molar refractivity (Wildman–Crippen MR) is 150 cm³/mol. The smallest absolute Gasteiger partial charge is 0.326 e. The first-order valence-corrected chi connectivity index (χ1v) is 13.2. The molecule has 0 saturated carbocycles. The maximum Gasteiger partial charge on any atom is 0.326 e. The van der Waals surface area contributed by atoms with Crippen molar-refractivity contribution < 1.29 is 29.4 Å². The predicted octanol–water partition coefficient (Wildman–Crippen LogP) is 0.666. The molecule has 4 unspecified atom stereocenters. The number of H-pyrrole nitrogens is 1. The lowest BCUT2D eigenvalue weighted by Gasteiger charge is -2.27. The zero-order valence-corrected chi connectivity index (χ0v) is 22.9. The van der Waals surface area contributed by atoms with Gasteiger partial charge in [-0.2, -0.15) is 0 Å². The lowest BCUT2D eigenvalue weighted by molar-refractivity contribution is -0.142. The van der Waals surface area contributed by atoms with Crippen LogP contribution in [-0.2, 0) is 38.4 Å². The van der Waals surface area contributed by atoms with Gasteiger partial charge in [0, 0.05) is 24.7 Å². The number of amides is 3. The summed E-state index contributed by atoms with van der Waals surface area (Å²) in [6.07, 6.45) is 3.08. The Balaban J connectivity index is 1.75. The van der Waals surface area contributed by atoms with Crippen LogP contribution in [0.2, 0.25) is 0 Å². The Hall–Kier alpha value is -4.71. The topological polar surface area (TPSA) is 200 Å². The molecule has 2 aromatic carbocycles. The van der Waals surface area contributed by atoms with E-state index in [2.05, 4.69) is 25.9 Å². The SMILES string of the molecule is CC(C)C(NC(=O)C(N)Cc1ccccc1)C(=O)NC(Cc1ccc(O)cc1)C(=O)NC(Cc1cnc[nH]1)C(=O)O. The molecular weight excluding hydrogens is 528 g/mol. The van der Waals surface area contributed by atoms with Crippen molar-refractivity contribution in [2.75, 3.05) is 0 Å². The number of phenols is 1. The summed E-state index contributed by atoms with van der Waals surface area (Å²) in [5.41, 5.74) is 8.09. The maximum absolute atomic E-state index is 13.4. The van der Waals surface area contributed by atoms with Crippen LogP contribution >= 0.6 is 0 Å². The number of hydrogen-bond acceptors (Lipinski definition) is 7. The highest BCUT2D eigenvalue weighted by Crippen LogP contribution is 2.13. The lowest BCUT2D eigenvalue weighted by Crippen LogP contribution is -2.59. The van der Waals surface area contributed by atoms with Gasteiger partial charge >= 0.3 is 5.97 Å². The Morgan fingerprint density at radius 1 is 0.829 bits per heavy atom. The third-order valence-corrected chi connectivity index (χ3v) is 6.48. The number of aromatic nitrogens is 2. The minimum Gasteiger partial charge on any atom is -0.508 e. The summed E-state index contributed by atoms with van der Waals surface area (Å²) in [6, 6.07) is 10.9. The molecule has 3 aromatic rings. The molecule has 4 atom stereocenters. The zero-order chi connectivity index (χ0) is 29.9. The van der Waals surface area contributed by atoms with Gasteiger partial charge in [-0.3, -0.25) is 14.4 Å². The number of nitrogens with zero attached hydrogens (tertiary/aromatic N) is 1. The fourth-order valence-electron chi connectivity index (χ4n) is 4.18. The maximum atomic E-state index is 13.4. The average molecular weight is 565 g/mol. The Morgan fingerprint density at radius 2 is 1.46 bits per heavy atom. The first kappa shape index (κ1) is 30.8. The van der Waals surface area contributed by atoms with Crippen molar-refractivity contribution in [2.24, 2.45) is 11.7 Å². The average Bonchev–Trinajstić information content (AvgIpc) is 3.45. The number of nitrogens with two attached hydrogens (primary N) is 1. The van der Waals surface area contributed by atoms with E-state index in [4.69, 9.17) is 5.73 Å². The molecule has 0 bridgehead atoms. The third kappa shape index (κ3) is 9.46. The fraction of sp³-hybridized carbons (Fsp3) is 0.345. The molecule has 3 rings (SSSR count). The molecule has 1 aromatic heterocycles. The van der Waals surface area contributed by atoms with Gasteiger partial charge in [-0.05, 0) is 35.6 Å². The Morgan fingerprint density at radius 3 is 2.05 bits per heavy atom. The van der Waals surface area contributed by atoms with E-state index in [0.717, 1.165) is 5.56 Å². The molecular formula is C29H36N6O6. The van der Waals surface area contributed by atoms with Gasteiger partial charge in [0.25, 0.3) is 0 Å². The summed E-state index contributed by atoms with van der Waals surface area (Å²) in [7, 11) is 0. The Kier molecular flexibility index (Phi) is 11.0. The highest BCUT2D eigenvalue weighted by Gasteiger charge is 2.32. The van der Waals surface area contributed by atoms with E-state index in [9.17, 15) is 29.4 Å². The fourth-order valence-corrected chi connectivity index (χ4v) is 4.18. The van der Waals surface area contributed by atoms with Gasteiger partial charge in [0.05, 0.1) is 12.4 Å². The van der Waals surface area contributed by atoms with Crippen LogP contribution in [0, 0.1) is 5.92 Å². The highest BCUT2D eigenvalue weighted by atomic mass is 16.4. The van der Waals surface area contributed by atoms with Crippen molar-refractivity contribution in [1.29, 1.82) is 0 Å². The number of carbonyl (C=O) groups is 4. The number of aromatic amines is 1. The zero-order valence-electron chi connectivity index (χ0n) is 22.9. The molecule has 8 N–H and O–H groups in total. The molecule has 0 saturated heterocycles. The van der Waals surface area contributed by atoms with Crippen LogP contribution in [0.1, 0.15) is 30.7 Å². The first-order valence-electron chi connectivity index (χ1n) is 13.2. The minimum absolute atomic E-state index is 0.000528. The van der Waals surface area contributed by atoms with Gasteiger partial charge in [-0.1, -0.05) is 56.3 Å². The number of carboxylic acids is 1. The van der Waals surface area contributed by atoms with Crippen LogP contribution in [0.3, 0.4) is 0 Å². The van der Waals surface area contributed by atoms with Gasteiger partial charge in [0.1, 0.15) is 23.9 Å². The molecule has 1 heterocycles. The summed E-state index contributed by atoms with van der Waals surface area (Å²) < 4.78 is 0. The Labute approximate surface area is 237 Å². The minimum atomic E-state index is -1.29. The summed E-state index contributed by atoms with van der Waals surface area (Å²) in [6.45, 7) is 3.49. The monoisotopic (exact) mass is 564 g/mol. The van der Waals surface area contributed by atoms with Gasteiger partial charge in [-0.25, -0.2) is 9.78 Å². The van der Waals surface area contributed by atoms with E-state index in [1.54, 1.807) is 26.0 Å². The second kappa shape index (κ2) is 14.6. The molecule has 12 nitrogen and oxygen atoms in total. The summed E-state index contributed by atoms with van der Waals surface area (Å²) >= 11 is 0. The number of benzene rings is 2. The molecule has 0 radical (unpaired) electrons. The molecule has 3 amide bonds. The number of aliphatic carboxylic acids is 1. The van der Waals surface area contributed by atoms with Crippen molar-refractivity contribution in [2.45, 2.75) is 57.3 Å². The van der Waals surface area contributed by atoms with Gasteiger partial charge in [0.2, 0.25) is 17.7 Å². The van der Waals surface area contributed by atoms with Crippen LogP contribution in [0.25, 0.3) is 0 Å². The number of phenolic OH excluding ortho intramolecular Hbond substituents is 1. The van der Waals surface area contributed by atoms with Gasteiger partial charge < -0.3 is 36.9 Å². The van der Waals surface area contributed by atoms with Crippen LogP contribution in [0.15, 0.2) is 67.1 Å².